The third kappa shape index (κ3) is 9.98. The van der Waals surface area contributed by atoms with Crippen LogP contribution in [0.4, 0.5) is 0 Å². The predicted molar refractivity (Wildman–Crippen MR) is 197 cm³/mol. The molecule has 10 nitrogen and oxygen atoms in total. The molecule has 2 atom stereocenters. The van der Waals surface area contributed by atoms with Crippen LogP contribution in [0.25, 0.3) is 11.1 Å². The molecule has 3 aromatic carbocycles. The van der Waals surface area contributed by atoms with Crippen molar-refractivity contribution in [2.45, 2.75) is 65.0 Å². The molecular formula is C40H47ClN4O6. The van der Waals surface area contributed by atoms with Crippen molar-refractivity contribution in [3.05, 3.63) is 105 Å². The lowest BCUT2D eigenvalue weighted by molar-refractivity contribution is 0.163. The van der Waals surface area contributed by atoms with Crippen LogP contribution in [0.3, 0.4) is 0 Å². The molecule has 1 saturated heterocycles. The SMILES string of the molecule is Cc1c(COc2cc(OCc3cncc(C#N)c3)c(C(C)NC(CO)CO)cc2Cl)cccc1-c1cccc(OCCCN2CCC(O)C2)c1C. The Balaban J connectivity index is 1.32. The fourth-order valence-electron chi connectivity index (χ4n) is 6.35. The number of nitrogens with one attached hydrogen (secondary N) is 1. The second kappa shape index (κ2) is 18.3. The van der Waals surface area contributed by atoms with Crippen LogP contribution in [-0.4, -0.2) is 76.8 Å². The summed E-state index contributed by atoms with van der Waals surface area (Å²) in [6, 6.07) is 18.8. The molecule has 1 aliphatic heterocycles. The molecule has 0 amide bonds. The summed E-state index contributed by atoms with van der Waals surface area (Å²) in [6.07, 6.45) is 4.66. The first kappa shape index (κ1) is 38.0. The van der Waals surface area contributed by atoms with Gasteiger partial charge < -0.3 is 39.7 Å². The number of aromatic nitrogens is 1. The summed E-state index contributed by atoms with van der Waals surface area (Å²) in [5, 5.41) is 42.0. The summed E-state index contributed by atoms with van der Waals surface area (Å²) in [5.74, 6) is 1.80. The number of likely N-dealkylation sites (tertiary alicyclic amines) is 1. The normalized spacial score (nSPS) is 15.2. The number of hydrogen-bond donors (Lipinski definition) is 4. The zero-order chi connectivity index (χ0) is 36.3. The molecule has 0 saturated carbocycles. The Labute approximate surface area is 305 Å². The number of rotatable bonds is 17. The van der Waals surface area contributed by atoms with E-state index in [-0.39, 0.29) is 38.6 Å². The van der Waals surface area contributed by atoms with E-state index in [1.807, 2.05) is 31.2 Å². The van der Waals surface area contributed by atoms with Gasteiger partial charge in [0.1, 0.15) is 36.5 Å². The molecule has 0 radical (unpaired) electrons. The third-order valence-electron chi connectivity index (χ3n) is 9.30. The highest BCUT2D eigenvalue weighted by molar-refractivity contribution is 6.32. The Morgan fingerprint density at radius 2 is 1.71 bits per heavy atom. The van der Waals surface area contributed by atoms with E-state index in [9.17, 15) is 20.6 Å². The third-order valence-corrected chi connectivity index (χ3v) is 9.60. The van der Waals surface area contributed by atoms with Gasteiger partial charge in [0.2, 0.25) is 0 Å². The zero-order valence-electron chi connectivity index (χ0n) is 29.4. The molecule has 0 spiro atoms. The molecular weight excluding hydrogens is 668 g/mol. The van der Waals surface area contributed by atoms with Gasteiger partial charge in [-0.3, -0.25) is 4.98 Å². The molecule has 2 unspecified atom stereocenters. The monoisotopic (exact) mass is 714 g/mol. The minimum Gasteiger partial charge on any atom is -0.493 e. The maximum atomic E-state index is 9.79. The fraction of sp³-hybridized carbons (Fsp3) is 0.400. The summed E-state index contributed by atoms with van der Waals surface area (Å²) in [6.45, 7) is 9.20. The predicted octanol–water partition coefficient (Wildman–Crippen LogP) is 5.89. The van der Waals surface area contributed by atoms with Crippen molar-refractivity contribution in [3.63, 3.8) is 0 Å². The highest BCUT2D eigenvalue weighted by Crippen LogP contribution is 2.38. The Hall–Kier alpha value is -4.21. The Kier molecular flexibility index (Phi) is 13.7. The second-order valence-corrected chi connectivity index (χ2v) is 13.4. The van der Waals surface area contributed by atoms with Crippen molar-refractivity contribution in [1.82, 2.24) is 15.2 Å². The standard InChI is InChI=1S/C40H47ClN4O6/c1-26-31(7-4-8-34(26)35-9-5-10-38(27(35)2)49-14-6-12-45-13-11-33(48)21-45)25-51-40-17-39(50-24-30-15-29(18-42)19-43-20-30)36(16-37(40)41)28(3)44-32(22-46)23-47/h4-5,7-10,15-17,19-20,28,32-33,44,46-48H,6,11-14,21-25H2,1-3H3. The molecule has 4 aromatic rings. The largest absolute Gasteiger partial charge is 0.493 e. The van der Waals surface area contributed by atoms with E-state index in [0.717, 1.165) is 71.6 Å². The van der Waals surface area contributed by atoms with Crippen molar-refractivity contribution in [1.29, 1.82) is 5.26 Å². The summed E-state index contributed by atoms with van der Waals surface area (Å²) in [5.41, 5.74) is 7.20. The van der Waals surface area contributed by atoms with Crippen LogP contribution >= 0.6 is 11.6 Å². The first-order chi connectivity index (χ1) is 24.7. The summed E-state index contributed by atoms with van der Waals surface area (Å²) < 4.78 is 18.8. The molecule has 11 heteroatoms. The van der Waals surface area contributed by atoms with E-state index >= 15 is 0 Å². The Bertz CT molecular complexity index is 1810. The number of nitriles is 1. The van der Waals surface area contributed by atoms with Crippen molar-refractivity contribution in [3.8, 4) is 34.4 Å². The van der Waals surface area contributed by atoms with Crippen molar-refractivity contribution < 1.29 is 29.5 Å². The molecule has 1 aromatic heterocycles. The molecule has 0 aliphatic carbocycles. The minimum atomic E-state index is -0.527. The number of hydrogen-bond acceptors (Lipinski definition) is 10. The number of pyridine rings is 1. The topological polar surface area (TPSA) is 140 Å². The average molecular weight is 715 g/mol. The lowest BCUT2D eigenvalue weighted by Crippen LogP contribution is -2.37. The zero-order valence-corrected chi connectivity index (χ0v) is 30.2. The molecule has 51 heavy (non-hydrogen) atoms. The van der Waals surface area contributed by atoms with Gasteiger partial charge in [0.05, 0.1) is 42.6 Å². The number of β-amino-alcohol motifs (C(OH)–C–C–N with tert-alkyl or cyclic N) is 1. The van der Waals surface area contributed by atoms with E-state index in [1.165, 1.54) is 6.20 Å². The highest BCUT2D eigenvalue weighted by Gasteiger charge is 2.21. The van der Waals surface area contributed by atoms with Gasteiger partial charge in [-0.1, -0.05) is 41.9 Å². The summed E-state index contributed by atoms with van der Waals surface area (Å²) in [4.78, 5) is 6.41. The van der Waals surface area contributed by atoms with Gasteiger partial charge in [-0.2, -0.15) is 5.26 Å². The van der Waals surface area contributed by atoms with E-state index in [4.69, 9.17) is 25.8 Å². The second-order valence-electron chi connectivity index (χ2n) is 13.0. The van der Waals surface area contributed by atoms with Crippen LogP contribution in [0.15, 0.2) is 67.0 Å². The number of halogens is 1. The molecule has 0 bridgehead atoms. The van der Waals surface area contributed by atoms with E-state index < -0.39 is 6.04 Å². The lowest BCUT2D eigenvalue weighted by Gasteiger charge is -2.24. The number of benzene rings is 3. The maximum Gasteiger partial charge on any atom is 0.142 e. The van der Waals surface area contributed by atoms with Crippen LogP contribution in [-0.2, 0) is 13.2 Å². The van der Waals surface area contributed by atoms with Gasteiger partial charge in [0.15, 0.2) is 0 Å². The average Bonchev–Trinajstić information content (AvgIpc) is 3.56. The number of aliphatic hydroxyl groups is 3. The summed E-state index contributed by atoms with van der Waals surface area (Å²) >= 11 is 6.79. The lowest BCUT2D eigenvalue weighted by atomic mass is 9.93. The van der Waals surface area contributed by atoms with Crippen molar-refractivity contribution >= 4 is 11.6 Å². The van der Waals surface area contributed by atoms with Gasteiger partial charge in [-0.25, -0.2) is 0 Å². The number of ether oxygens (including phenoxy) is 3. The van der Waals surface area contributed by atoms with E-state index in [0.29, 0.717) is 34.3 Å². The Morgan fingerprint density at radius 1 is 0.961 bits per heavy atom. The van der Waals surface area contributed by atoms with E-state index in [2.05, 4.69) is 47.3 Å². The van der Waals surface area contributed by atoms with Gasteiger partial charge in [-0.05, 0) is 79.6 Å². The van der Waals surface area contributed by atoms with Gasteiger partial charge in [0.25, 0.3) is 0 Å². The first-order valence-corrected chi connectivity index (χ1v) is 17.7. The van der Waals surface area contributed by atoms with Gasteiger partial charge in [0, 0.05) is 55.3 Å². The van der Waals surface area contributed by atoms with Crippen LogP contribution in [0.1, 0.15) is 59.2 Å². The first-order valence-electron chi connectivity index (χ1n) is 17.3. The van der Waals surface area contributed by atoms with E-state index in [1.54, 1.807) is 24.4 Å². The van der Waals surface area contributed by atoms with Crippen molar-refractivity contribution in [2.75, 3.05) is 39.5 Å². The summed E-state index contributed by atoms with van der Waals surface area (Å²) in [7, 11) is 0. The van der Waals surface area contributed by atoms with Crippen LogP contribution in [0.5, 0.6) is 17.2 Å². The molecule has 2 heterocycles. The van der Waals surface area contributed by atoms with Crippen molar-refractivity contribution in [2.24, 2.45) is 0 Å². The molecule has 1 fully saturated rings. The molecule has 5 rings (SSSR count). The van der Waals surface area contributed by atoms with Crippen LogP contribution in [0.2, 0.25) is 5.02 Å². The number of nitrogens with zero attached hydrogens (tertiary/aromatic N) is 3. The molecule has 270 valence electrons. The van der Waals surface area contributed by atoms with Crippen LogP contribution < -0.4 is 19.5 Å². The molecule has 4 N–H and O–H groups in total. The highest BCUT2D eigenvalue weighted by atomic mass is 35.5. The van der Waals surface area contributed by atoms with Gasteiger partial charge >= 0.3 is 0 Å². The van der Waals surface area contributed by atoms with Gasteiger partial charge in [-0.15, -0.1) is 0 Å². The maximum absolute atomic E-state index is 9.79. The smallest absolute Gasteiger partial charge is 0.142 e. The van der Waals surface area contributed by atoms with Crippen LogP contribution in [0, 0.1) is 25.2 Å². The quantitative estimate of drug-likeness (QED) is 0.0980. The number of aliphatic hydroxyl groups excluding tert-OH is 3. The minimum absolute atomic E-state index is 0.151. The fourth-order valence-corrected chi connectivity index (χ4v) is 6.58. The Morgan fingerprint density at radius 3 is 2.43 bits per heavy atom. The molecule has 1 aliphatic rings.